The zero-order chi connectivity index (χ0) is 10.0. The molecule has 71 valence electrons. The van der Waals surface area contributed by atoms with Crippen molar-refractivity contribution in [1.29, 1.82) is 0 Å². The van der Waals surface area contributed by atoms with Crippen LogP contribution in [-0.4, -0.2) is 11.2 Å². The molecule has 1 radical (unpaired) electrons. The quantitative estimate of drug-likeness (QED) is 0.736. The van der Waals surface area contributed by atoms with Crippen LogP contribution in [-0.2, 0) is 0 Å². The molecule has 1 rings (SSSR count). The summed E-state index contributed by atoms with van der Waals surface area (Å²) in [6.07, 6.45) is -0.388. The van der Waals surface area contributed by atoms with E-state index in [1.54, 1.807) is 6.92 Å². The van der Waals surface area contributed by atoms with E-state index < -0.39 is 0 Å². The summed E-state index contributed by atoms with van der Waals surface area (Å²) < 4.78 is 0. The minimum atomic E-state index is -0.388. The maximum atomic E-state index is 9.43. The Balaban J connectivity index is 3.07. The molecule has 1 N–H and O–H groups in total. The Labute approximate surface area is 80.4 Å². The summed E-state index contributed by atoms with van der Waals surface area (Å²) in [4.78, 5) is 0. The van der Waals surface area contributed by atoms with Gasteiger partial charge in [-0.05, 0) is 44.4 Å². The van der Waals surface area contributed by atoms with Gasteiger partial charge in [-0.1, -0.05) is 18.2 Å². The summed E-state index contributed by atoms with van der Waals surface area (Å²) >= 11 is 0. The Morgan fingerprint density at radius 2 is 1.92 bits per heavy atom. The Kier molecular flexibility index (Phi) is 3.10. The van der Waals surface area contributed by atoms with Crippen LogP contribution in [0.5, 0.6) is 0 Å². The normalized spacial score (nSPS) is 15.5. The SMILES string of the molecule is [CH2]C(c1cccc(C)c1C)C(C)O. The molecule has 0 aromatic heterocycles. The van der Waals surface area contributed by atoms with E-state index in [0.29, 0.717) is 0 Å². The molecule has 2 atom stereocenters. The number of aliphatic hydroxyl groups is 1. The van der Waals surface area contributed by atoms with Crippen molar-refractivity contribution in [2.45, 2.75) is 32.8 Å². The van der Waals surface area contributed by atoms with Crippen molar-refractivity contribution >= 4 is 0 Å². The van der Waals surface area contributed by atoms with E-state index in [0.717, 1.165) is 5.56 Å². The van der Waals surface area contributed by atoms with Crippen molar-refractivity contribution in [1.82, 2.24) is 0 Å². The van der Waals surface area contributed by atoms with E-state index in [2.05, 4.69) is 26.8 Å². The van der Waals surface area contributed by atoms with Gasteiger partial charge in [-0.2, -0.15) is 0 Å². The topological polar surface area (TPSA) is 20.2 Å². The van der Waals surface area contributed by atoms with Crippen molar-refractivity contribution in [2.75, 3.05) is 0 Å². The number of hydrogen-bond acceptors (Lipinski definition) is 1. The number of aryl methyl sites for hydroxylation is 1. The molecule has 1 aromatic carbocycles. The fourth-order valence-electron chi connectivity index (χ4n) is 1.44. The van der Waals surface area contributed by atoms with Gasteiger partial charge in [-0.15, -0.1) is 0 Å². The van der Waals surface area contributed by atoms with Crippen LogP contribution < -0.4 is 0 Å². The highest BCUT2D eigenvalue weighted by atomic mass is 16.3. The smallest absolute Gasteiger partial charge is 0.0580 e. The van der Waals surface area contributed by atoms with Gasteiger partial charge in [-0.3, -0.25) is 0 Å². The van der Waals surface area contributed by atoms with Crippen LogP contribution in [0.2, 0.25) is 0 Å². The van der Waals surface area contributed by atoms with Crippen LogP contribution in [0.3, 0.4) is 0 Å². The molecule has 0 fully saturated rings. The molecule has 0 amide bonds. The lowest BCUT2D eigenvalue weighted by Gasteiger charge is -2.18. The third-order valence-electron chi connectivity index (χ3n) is 2.63. The van der Waals surface area contributed by atoms with Gasteiger partial charge in [-0.25, -0.2) is 0 Å². The molecule has 0 aliphatic heterocycles. The van der Waals surface area contributed by atoms with Crippen LogP contribution in [0, 0.1) is 20.8 Å². The van der Waals surface area contributed by atoms with Crippen LogP contribution >= 0.6 is 0 Å². The Morgan fingerprint density at radius 1 is 1.31 bits per heavy atom. The van der Waals surface area contributed by atoms with Gasteiger partial charge in [0, 0.05) is 5.92 Å². The first kappa shape index (κ1) is 10.3. The van der Waals surface area contributed by atoms with Gasteiger partial charge in [0.1, 0.15) is 0 Å². The Morgan fingerprint density at radius 3 is 2.46 bits per heavy atom. The van der Waals surface area contributed by atoms with Crippen molar-refractivity contribution in [3.63, 3.8) is 0 Å². The van der Waals surface area contributed by atoms with E-state index >= 15 is 0 Å². The second kappa shape index (κ2) is 3.93. The van der Waals surface area contributed by atoms with E-state index in [4.69, 9.17) is 0 Å². The number of benzene rings is 1. The number of rotatable bonds is 2. The molecule has 0 aliphatic rings. The van der Waals surface area contributed by atoms with E-state index in [1.165, 1.54) is 11.1 Å². The van der Waals surface area contributed by atoms with Crippen molar-refractivity contribution < 1.29 is 5.11 Å². The lowest BCUT2D eigenvalue weighted by atomic mass is 9.90. The molecular formula is C12H17O. The molecule has 1 nitrogen and oxygen atoms in total. The highest BCUT2D eigenvalue weighted by Crippen LogP contribution is 2.23. The van der Waals surface area contributed by atoms with E-state index in [9.17, 15) is 5.11 Å². The lowest BCUT2D eigenvalue weighted by Crippen LogP contribution is -2.12. The minimum Gasteiger partial charge on any atom is -0.393 e. The highest BCUT2D eigenvalue weighted by Gasteiger charge is 2.13. The molecular weight excluding hydrogens is 160 g/mol. The van der Waals surface area contributed by atoms with Gasteiger partial charge in [0.25, 0.3) is 0 Å². The highest BCUT2D eigenvalue weighted by molar-refractivity contribution is 5.36. The summed E-state index contributed by atoms with van der Waals surface area (Å²) in [5.74, 6) is -0.0279. The fraction of sp³-hybridized carbons (Fsp3) is 0.417. The molecule has 2 unspecified atom stereocenters. The van der Waals surface area contributed by atoms with E-state index in [1.807, 2.05) is 12.1 Å². The monoisotopic (exact) mass is 177 g/mol. The third kappa shape index (κ3) is 2.10. The zero-order valence-corrected chi connectivity index (χ0v) is 8.54. The maximum absolute atomic E-state index is 9.43. The van der Waals surface area contributed by atoms with Crippen LogP contribution in [0.1, 0.15) is 29.5 Å². The van der Waals surface area contributed by atoms with Gasteiger partial charge < -0.3 is 5.11 Å². The summed E-state index contributed by atoms with van der Waals surface area (Å²) in [5, 5.41) is 9.43. The molecule has 0 aliphatic carbocycles. The van der Waals surface area contributed by atoms with Crippen LogP contribution in [0.4, 0.5) is 0 Å². The van der Waals surface area contributed by atoms with Crippen LogP contribution in [0.15, 0.2) is 18.2 Å². The molecule has 13 heavy (non-hydrogen) atoms. The standard InChI is InChI=1S/C12H17O/c1-8-6-5-7-12(9(8)2)10(3)11(4)13/h5-7,10-11,13H,3H2,1-2,4H3. The largest absolute Gasteiger partial charge is 0.393 e. The number of hydrogen-bond donors (Lipinski definition) is 1. The first-order valence-electron chi connectivity index (χ1n) is 4.61. The molecule has 0 saturated carbocycles. The maximum Gasteiger partial charge on any atom is 0.0580 e. The van der Waals surface area contributed by atoms with Gasteiger partial charge in [0.05, 0.1) is 6.10 Å². The lowest BCUT2D eigenvalue weighted by molar-refractivity contribution is 0.178. The summed E-state index contributed by atoms with van der Waals surface area (Å²) in [5.41, 5.74) is 3.64. The Bertz CT molecular complexity index is 289. The average molecular weight is 177 g/mol. The summed E-state index contributed by atoms with van der Waals surface area (Å²) in [7, 11) is 0. The second-order valence-electron chi connectivity index (χ2n) is 3.64. The molecule has 0 heterocycles. The first-order valence-corrected chi connectivity index (χ1v) is 4.61. The second-order valence-corrected chi connectivity index (χ2v) is 3.64. The van der Waals surface area contributed by atoms with Crippen molar-refractivity contribution in [2.24, 2.45) is 0 Å². The molecule has 1 aromatic rings. The number of aliphatic hydroxyl groups excluding tert-OH is 1. The van der Waals surface area contributed by atoms with Gasteiger partial charge >= 0.3 is 0 Å². The fourth-order valence-corrected chi connectivity index (χ4v) is 1.44. The van der Waals surface area contributed by atoms with Gasteiger partial charge in [0.15, 0.2) is 0 Å². The minimum absolute atomic E-state index is 0.0279. The average Bonchev–Trinajstić information content (AvgIpc) is 2.08. The van der Waals surface area contributed by atoms with E-state index in [-0.39, 0.29) is 12.0 Å². The molecule has 0 saturated heterocycles. The third-order valence-corrected chi connectivity index (χ3v) is 2.63. The predicted molar refractivity (Wildman–Crippen MR) is 55.7 cm³/mol. The Hall–Kier alpha value is -0.820. The van der Waals surface area contributed by atoms with Crippen LogP contribution in [0.25, 0.3) is 0 Å². The summed E-state index contributed by atoms with van der Waals surface area (Å²) in [6.45, 7) is 9.89. The summed E-state index contributed by atoms with van der Waals surface area (Å²) in [6, 6.07) is 6.12. The zero-order valence-electron chi connectivity index (χ0n) is 8.54. The molecule has 0 spiro atoms. The van der Waals surface area contributed by atoms with Gasteiger partial charge in [0.2, 0.25) is 0 Å². The predicted octanol–water partition coefficient (Wildman–Crippen LogP) is 2.60. The first-order chi connectivity index (χ1) is 6.04. The molecule has 0 bridgehead atoms. The molecule has 1 heteroatoms. The van der Waals surface area contributed by atoms with Crippen molar-refractivity contribution in [3.05, 3.63) is 41.8 Å². The van der Waals surface area contributed by atoms with Crippen molar-refractivity contribution in [3.8, 4) is 0 Å².